The van der Waals surface area contributed by atoms with Crippen molar-refractivity contribution >= 4 is 5.91 Å². The lowest BCUT2D eigenvalue weighted by molar-refractivity contribution is -0.136. The third kappa shape index (κ3) is 3.19. The van der Waals surface area contributed by atoms with Crippen LogP contribution in [0, 0.1) is 5.92 Å². The molecule has 4 nitrogen and oxygen atoms in total. The monoisotopic (exact) mass is 227 g/mol. The number of carbonyl (C=O) groups is 1. The van der Waals surface area contributed by atoms with E-state index >= 15 is 0 Å². The van der Waals surface area contributed by atoms with Crippen LogP contribution in [0.25, 0.3) is 0 Å². The van der Waals surface area contributed by atoms with Crippen molar-refractivity contribution in [3.05, 3.63) is 0 Å². The van der Waals surface area contributed by atoms with Gasteiger partial charge in [-0.1, -0.05) is 20.8 Å². The molecule has 1 heterocycles. The van der Waals surface area contributed by atoms with Gasteiger partial charge in [0.05, 0.1) is 0 Å². The van der Waals surface area contributed by atoms with Gasteiger partial charge in [0.25, 0.3) is 0 Å². The lowest BCUT2D eigenvalue weighted by atomic mass is 10.1. The molecule has 1 aliphatic rings. The zero-order valence-corrected chi connectivity index (χ0v) is 10.8. The standard InChI is InChI=1S/C12H25N3O/c1-4-11(9-13)14-5-7-15(8-6-14)12(16)10(2)3/h10-11H,4-9,13H2,1-3H3. The molecule has 1 unspecified atom stereocenters. The van der Waals surface area contributed by atoms with Crippen LogP contribution in [0.4, 0.5) is 0 Å². The van der Waals surface area contributed by atoms with Crippen molar-refractivity contribution in [3.8, 4) is 0 Å². The summed E-state index contributed by atoms with van der Waals surface area (Å²) in [4.78, 5) is 16.2. The summed E-state index contributed by atoms with van der Waals surface area (Å²) in [5.41, 5.74) is 5.73. The number of amides is 1. The maximum Gasteiger partial charge on any atom is 0.225 e. The van der Waals surface area contributed by atoms with Gasteiger partial charge < -0.3 is 10.6 Å². The molecule has 0 spiro atoms. The summed E-state index contributed by atoms with van der Waals surface area (Å²) < 4.78 is 0. The van der Waals surface area contributed by atoms with E-state index in [-0.39, 0.29) is 11.8 Å². The predicted octanol–water partition coefficient (Wildman–Crippen LogP) is 0.524. The summed E-state index contributed by atoms with van der Waals surface area (Å²) in [6.45, 7) is 10.5. The molecule has 0 aromatic heterocycles. The van der Waals surface area contributed by atoms with Crippen molar-refractivity contribution in [1.82, 2.24) is 9.80 Å². The van der Waals surface area contributed by atoms with Crippen molar-refractivity contribution in [2.24, 2.45) is 11.7 Å². The minimum Gasteiger partial charge on any atom is -0.340 e. The highest BCUT2D eigenvalue weighted by atomic mass is 16.2. The van der Waals surface area contributed by atoms with Crippen LogP contribution in [-0.4, -0.2) is 54.5 Å². The molecule has 1 atom stereocenters. The van der Waals surface area contributed by atoms with Crippen molar-refractivity contribution in [2.75, 3.05) is 32.7 Å². The quantitative estimate of drug-likeness (QED) is 0.762. The van der Waals surface area contributed by atoms with Gasteiger partial charge in [-0.3, -0.25) is 9.69 Å². The topological polar surface area (TPSA) is 49.6 Å². The van der Waals surface area contributed by atoms with E-state index in [1.807, 2.05) is 18.7 Å². The van der Waals surface area contributed by atoms with E-state index in [9.17, 15) is 4.79 Å². The fourth-order valence-electron chi connectivity index (χ4n) is 2.25. The maximum absolute atomic E-state index is 11.8. The molecule has 1 rings (SSSR count). The summed E-state index contributed by atoms with van der Waals surface area (Å²) >= 11 is 0. The first-order valence-corrected chi connectivity index (χ1v) is 6.33. The van der Waals surface area contributed by atoms with Gasteiger partial charge in [0.15, 0.2) is 0 Å². The summed E-state index contributed by atoms with van der Waals surface area (Å²) in [7, 11) is 0. The van der Waals surface area contributed by atoms with Gasteiger partial charge in [0.1, 0.15) is 0 Å². The van der Waals surface area contributed by atoms with Gasteiger partial charge in [0, 0.05) is 44.7 Å². The van der Waals surface area contributed by atoms with Crippen LogP contribution in [0.3, 0.4) is 0 Å². The molecule has 16 heavy (non-hydrogen) atoms. The first kappa shape index (κ1) is 13.5. The minimum absolute atomic E-state index is 0.114. The van der Waals surface area contributed by atoms with E-state index in [2.05, 4.69) is 11.8 Å². The lowest BCUT2D eigenvalue weighted by Gasteiger charge is -2.39. The second-order valence-corrected chi connectivity index (χ2v) is 4.81. The van der Waals surface area contributed by atoms with Gasteiger partial charge >= 0.3 is 0 Å². The van der Waals surface area contributed by atoms with Crippen LogP contribution in [-0.2, 0) is 4.79 Å². The number of carbonyl (C=O) groups excluding carboxylic acids is 1. The summed E-state index contributed by atoms with van der Waals surface area (Å²) in [5, 5.41) is 0. The Labute approximate surface area is 98.8 Å². The van der Waals surface area contributed by atoms with Gasteiger partial charge in [-0.25, -0.2) is 0 Å². The van der Waals surface area contributed by atoms with Crippen LogP contribution in [0.2, 0.25) is 0 Å². The Bertz CT molecular complexity index is 218. The van der Waals surface area contributed by atoms with Crippen molar-refractivity contribution < 1.29 is 4.79 Å². The summed E-state index contributed by atoms with van der Waals surface area (Å²) in [6.07, 6.45) is 1.09. The number of piperazine rings is 1. The third-order valence-electron chi connectivity index (χ3n) is 3.38. The number of nitrogens with zero attached hydrogens (tertiary/aromatic N) is 2. The molecular weight excluding hydrogens is 202 g/mol. The van der Waals surface area contributed by atoms with Gasteiger partial charge in [-0.15, -0.1) is 0 Å². The molecule has 0 radical (unpaired) electrons. The molecule has 94 valence electrons. The van der Waals surface area contributed by atoms with Crippen LogP contribution < -0.4 is 5.73 Å². The van der Waals surface area contributed by atoms with Crippen LogP contribution in [0.5, 0.6) is 0 Å². The fraction of sp³-hybridized carbons (Fsp3) is 0.917. The molecule has 4 heteroatoms. The minimum atomic E-state index is 0.114. The average molecular weight is 227 g/mol. The molecule has 0 bridgehead atoms. The van der Waals surface area contributed by atoms with E-state index < -0.39 is 0 Å². The Kier molecular flexibility index (Phi) is 5.22. The number of nitrogens with two attached hydrogens (primary N) is 1. The normalized spacial score (nSPS) is 20.2. The molecule has 0 saturated carbocycles. The van der Waals surface area contributed by atoms with Crippen LogP contribution in [0.15, 0.2) is 0 Å². The second kappa shape index (κ2) is 6.21. The highest BCUT2D eigenvalue weighted by Crippen LogP contribution is 2.10. The molecule has 0 aromatic rings. The number of rotatable bonds is 4. The highest BCUT2D eigenvalue weighted by Gasteiger charge is 2.25. The Morgan fingerprint density at radius 3 is 2.19 bits per heavy atom. The second-order valence-electron chi connectivity index (χ2n) is 4.81. The fourth-order valence-corrected chi connectivity index (χ4v) is 2.25. The van der Waals surface area contributed by atoms with E-state index in [1.165, 1.54) is 0 Å². The molecule has 1 saturated heterocycles. The zero-order chi connectivity index (χ0) is 12.1. The lowest BCUT2D eigenvalue weighted by Crippen LogP contribution is -2.54. The van der Waals surface area contributed by atoms with E-state index in [0.29, 0.717) is 12.6 Å². The predicted molar refractivity (Wildman–Crippen MR) is 66.1 cm³/mol. The van der Waals surface area contributed by atoms with Crippen LogP contribution >= 0.6 is 0 Å². The molecule has 1 aliphatic heterocycles. The molecule has 1 fully saturated rings. The van der Waals surface area contributed by atoms with E-state index in [1.54, 1.807) is 0 Å². The summed E-state index contributed by atoms with van der Waals surface area (Å²) in [6, 6.07) is 0.483. The Hall–Kier alpha value is -0.610. The van der Waals surface area contributed by atoms with Crippen LogP contribution in [0.1, 0.15) is 27.2 Å². The Morgan fingerprint density at radius 1 is 1.25 bits per heavy atom. The molecular formula is C12H25N3O. The Morgan fingerprint density at radius 2 is 1.81 bits per heavy atom. The smallest absolute Gasteiger partial charge is 0.225 e. The maximum atomic E-state index is 11.8. The highest BCUT2D eigenvalue weighted by molar-refractivity contribution is 5.78. The molecule has 0 aliphatic carbocycles. The SMILES string of the molecule is CCC(CN)N1CCN(C(=O)C(C)C)CC1. The first-order chi connectivity index (χ1) is 7.60. The molecule has 2 N–H and O–H groups in total. The van der Waals surface area contributed by atoms with Crippen molar-refractivity contribution in [2.45, 2.75) is 33.2 Å². The van der Waals surface area contributed by atoms with E-state index in [0.717, 1.165) is 32.6 Å². The molecule has 1 amide bonds. The Balaban J connectivity index is 2.42. The van der Waals surface area contributed by atoms with E-state index in [4.69, 9.17) is 5.73 Å². The largest absolute Gasteiger partial charge is 0.340 e. The van der Waals surface area contributed by atoms with Gasteiger partial charge in [-0.2, -0.15) is 0 Å². The van der Waals surface area contributed by atoms with Gasteiger partial charge in [0.2, 0.25) is 5.91 Å². The van der Waals surface area contributed by atoms with Crippen molar-refractivity contribution in [3.63, 3.8) is 0 Å². The van der Waals surface area contributed by atoms with Gasteiger partial charge in [-0.05, 0) is 6.42 Å². The summed E-state index contributed by atoms with van der Waals surface area (Å²) in [5.74, 6) is 0.392. The molecule has 0 aromatic carbocycles. The zero-order valence-electron chi connectivity index (χ0n) is 10.8. The van der Waals surface area contributed by atoms with Crippen molar-refractivity contribution in [1.29, 1.82) is 0 Å². The average Bonchev–Trinajstić information content (AvgIpc) is 2.30. The third-order valence-corrected chi connectivity index (χ3v) is 3.38. The first-order valence-electron chi connectivity index (χ1n) is 6.33. The number of hydrogen-bond acceptors (Lipinski definition) is 3. The number of hydrogen-bond donors (Lipinski definition) is 1.